The van der Waals surface area contributed by atoms with E-state index in [2.05, 4.69) is 47.8 Å². The molecule has 0 aliphatic heterocycles. The van der Waals surface area contributed by atoms with Gasteiger partial charge >= 0.3 is 7.12 Å². The maximum absolute atomic E-state index is 13.5. The number of hydrogen-bond acceptors (Lipinski definition) is 2. The lowest BCUT2D eigenvalue weighted by atomic mass is 9.80. The monoisotopic (exact) mass is 408 g/mol. The van der Waals surface area contributed by atoms with E-state index in [1.165, 1.54) is 0 Å². The molecule has 0 aromatic heterocycles. The molecule has 14 heavy (non-hydrogen) atoms. The summed E-state index contributed by atoms with van der Waals surface area (Å²) >= 11 is 14.8. The van der Waals surface area contributed by atoms with Crippen LogP contribution in [0.3, 0.4) is 0 Å². The summed E-state index contributed by atoms with van der Waals surface area (Å²) in [7, 11) is -1.96. The molecular formula is C6H2BBr3ClFO2. The third-order valence-corrected chi connectivity index (χ3v) is 5.52. The molecule has 0 atom stereocenters. The summed E-state index contributed by atoms with van der Waals surface area (Å²) in [4.78, 5) is 0. The summed E-state index contributed by atoms with van der Waals surface area (Å²) in [5, 5.41) is 17.7. The molecule has 2 N–H and O–H groups in total. The molecule has 0 spiro atoms. The Morgan fingerprint density at radius 2 is 1.57 bits per heavy atom. The molecule has 2 nitrogen and oxygen atoms in total. The van der Waals surface area contributed by atoms with Crippen LogP contribution in [0.15, 0.2) is 13.4 Å². The lowest BCUT2D eigenvalue weighted by Gasteiger charge is -2.10. The van der Waals surface area contributed by atoms with Crippen LogP contribution in [0.4, 0.5) is 4.39 Å². The summed E-state index contributed by atoms with van der Waals surface area (Å²) in [6.45, 7) is 0. The lowest BCUT2D eigenvalue weighted by molar-refractivity contribution is 0.423. The molecule has 0 saturated heterocycles. The van der Waals surface area contributed by atoms with Crippen LogP contribution in [0.1, 0.15) is 0 Å². The second-order valence-corrected chi connectivity index (χ2v) is 5.11. The minimum absolute atomic E-state index is 0.0763. The molecule has 1 aromatic carbocycles. The Balaban J connectivity index is 3.60. The van der Waals surface area contributed by atoms with E-state index in [4.69, 9.17) is 21.6 Å². The molecule has 0 aliphatic rings. The fraction of sp³-hybridized carbons (Fsp3) is 0. The Kier molecular flexibility index (Phi) is 4.43. The van der Waals surface area contributed by atoms with Crippen molar-refractivity contribution in [1.82, 2.24) is 0 Å². The molecule has 76 valence electrons. The van der Waals surface area contributed by atoms with Crippen LogP contribution in [-0.4, -0.2) is 17.2 Å². The van der Waals surface area contributed by atoms with Crippen molar-refractivity contribution in [3.05, 3.63) is 24.3 Å². The Morgan fingerprint density at radius 1 is 1.07 bits per heavy atom. The van der Waals surface area contributed by atoms with Crippen LogP contribution in [-0.2, 0) is 0 Å². The number of benzene rings is 1. The van der Waals surface area contributed by atoms with Gasteiger partial charge in [0.1, 0.15) is 5.82 Å². The fourth-order valence-corrected chi connectivity index (χ4v) is 2.70. The quantitative estimate of drug-likeness (QED) is 0.424. The van der Waals surface area contributed by atoms with Gasteiger partial charge in [0.2, 0.25) is 0 Å². The van der Waals surface area contributed by atoms with E-state index in [1.54, 1.807) is 0 Å². The van der Waals surface area contributed by atoms with E-state index < -0.39 is 12.9 Å². The first-order chi connectivity index (χ1) is 6.37. The molecule has 0 aliphatic carbocycles. The average molecular weight is 411 g/mol. The SMILES string of the molecule is OB(O)c1c(F)c(Br)c(Br)c(Br)c1Cl. The summed E-state index contributed by atoms with van der Waals surface area (Å²) in [6, 6.07) is 0. The Morgan fingerprint density at radius 3 is 2.00 bits per heavy atom. The highest BCUT2D eigenvalue weighted by Crippen LogP contribution is 2.36. The Bertz CT molecular complexity index is 359. The number of hydrogen-bond donors (Lipinski definition) is 2. The van der Waals surface area contributed by atoms with Crippen LogP contribution < -0.4 is 5.46 Å². The van der Waals surface area contributed by atoms with E-state index >= 15 is 0 Å². The zero-order valence-electron chi connectivity index (χ0n) is 6.36. The van der Waals surface area contributed by atoms with Crippen LogP contribution in [0.25, 0.3) is 0 Å². The summed E-state index contributed by atoms with van der Waals surface area (Å²) in [6.07, 6.45) is 0. The van der Waals surface area contributed by atoms with Gasteiger partial charge in [0.25, 0.3) is 0 Å². The summed E-state index contributed by atoms with van der Waals surface area (Å²) in [5.74, 6) is -0.805. The average Bonchev–Trinajstić information content (AvgIpc) is 2.11. The van der Waals surface area contributed by atoms with Gasteiger partial charge in [-0.2, -0.15) is 0 Å². The highest BCUT2D eigenvalue weighted by atomic mass is 79.9. The molecular weight excluding hydrogens is 409 g/mol. The van der Waals surface area contributed by atoms with Crippen LogP contribution in [0.2, 0.25) is 5.02 Å². The normalized spacial score (nSPS) is 10.5. The van der Waals surface area contributed by atoms with Crippen LogP contribution >= 0.6 is 59.4 Å². The molecule has 0 radical (unpaired) electrons. The molecule has 0 saturated carbocycles. The van der Waals surface area contributed by atoms with Gasteiger partial charge in [0, 0.05) is 5.46 Å². The van der Waals surface area contributed by atoms with Gasteiger partial charge < -0.3 is 10.0 Å². The van der Waals surface area contributed by atoms with Gasteiger partial charge in [-0.1, -0.05) is 11.6 Å². The van der Waals surface area contributed by atoms with Crippen molar-refractivity contribution in [2.24, 2.45) is 0 Å². The maximum atomic E-state index is 13.5. The molecule has 0 fully saturated rings. The van der Waals surface area contributed by atoms with E-state index in [0.29, 0.717) is 8.95 Å². The summed E-state index contributed by atoms with van der Waals surface area (Å²) < 4.78 is 14.3. The molecule has 0 unspecified atom stereocenters. The predicted molar refractivity (Wildman–Crippen MR) is 64.3 cm³/mol. The molecule has 0 heterocycles. The highest BCUT2D eigenvalue weighted by Gasteiger charge is 2.26. The van der Waals surface area contributed by atoms with Gasteiger partial charge in [-0.25, -0.2) is 4.39 Å². The standard InChI is InChI=1S/C6H2BBr3ClFO2/c8-2-3(9)5(11)1(7(13)14)6(12)4(2)10/h13-14H. The number of halogens is 5. The van der Waals surface area contributed by atoms with Crippen LogP contribution in [0.5, 0.6) is 0 Å². The molecule has 8 heteroatoms. The third-order valence-electron chi connectivity index (χ3n) is 1.50. The van der Waals surface area contributed by atoms with Crippen molar-refractivity contribution < 1.29 is 14.4 Å². The van der Waals surface area contributed by atoms with Gasteiger partial charge in [-0.15, -0.1) is 0 Å². The molecule has 0 bridgehead atoms. The third kappa shape index (κ3) is 2.17. The zero-order chi connectivity index (χ0) is 11.0. The smallest absolute Gasteiger partial charge is 0.423 e. The van der Waals surface area contributed by atoms with Crippen molar-refractivity contribution in [1.29, 1.82) is 0 Å². The van der Waals surface area contributed by atoms with Crippen LogP contribution in [0, 0.1) is 5.82 Å². The fourth-order valence-electron chi connectivity index (χ4n) is 0.849. The predicted octanol–water partition coefficient (Wildman–Crippen LogP) is 2.45. The lowest BCUT2D eigenvalue weighted by Crippen LogP contribution is -2.34. The van der Waals surface area contributed by atoms with Gasteiger partial charge in [0.05, 0.1) is 18.4 Å². The van der Waals surface area contributed by atoms with E-state index in [-0.39, 0.29) is 15.0 Å². The van der Waals surface area contributed by atoms with Crippen molar-refractivity contribution in [2.75, 3.05) is 0 Å². The topological polar surface area (TPSA) is 40.5 Å². The van der Waals surface area contributed by atoms with Crippen molar-refractivity contribution in [3.63, 3.8) is 0 Å². The maximum Gasteiger partial charge on any atom is 0.493 e. The molecule has 0 amide bonds. The Hall–Kier alpha value is 0.865. The Labute approximate surface area is 110 Å². The minimum atomic E-state index is -1.96. The van der Waals surface area contributed by atoms with Gasteiger partial charge in [0.15, 0.2) is 0 Å². The molecule has 1 rings (SSSR count). The van der Waals surface area contributed by atoms with Crippen molar-refractivity contribution in [2.45, 2.75) is 0 Å². The van der Waals surface area contributed by atoms with E-state index in [9.17, 15) is 4.39 Å². The first kappa shape index (κ1) is 12.9. The first-order valence-electron chi connectivity index (χ1n) is 3.25. The molecule has 1 aromatic rings. The first-order valence-corrected chi connectivity index (χ1v) is 6.01. The number of rotatable bonds is 1. The van der Waals surface area contributed by atoms with Gasteiger partial charge in [-0.3, -0.25) is 0 Å². The summed E-state index contributed by atoms with van der Waals surface area (Å²) in [5.41, 5.74) is -0.367. The second-order valence-electron chi connectivity index (χ2n) is 2.36. The van der Waals surface area contributed by atoms with Crippen molar-refractivity contribution in [3.8, 4) is 0 Å². The second kappa shape index (κ2) is 4.80. The largest absolute Gasteiger partial charge is 0.493 e. The van der Waals surface area contributed by atoms with E-state index in [0.717, 1.165) is 0 Å². The minimum Gasteiger partial charge on any atom is -0.423 e. The zero-order valence-corrected chi connectivity index (χ0v) is 11.9. The highest BCUT2D eigenvalue weighted by molar-refractivity contribution is 9.14. The van der Waals surface area contributed by atoms with Gasteiger partial charge in [-0.05, 0) is 47.8 Å². The van der Waals surface area contributed by atoms with Crippen molar-refractivity contribution >= 4 is 72.0 Å². The van der Waals surface area contributed by atoms with E-state index in [1.807, 2.05) is 0 Å².